The normalized spacial score (nSPS) is 16.2. The molecule has 1 unspecified atom stereocenters. The molecule has 0 bridgehead atoms. The Morgan fingerprint density at radius 1 is 1.33 bits per heavy atom. The van der Waals surface area contributed by atoms with E-state index in [0.717, 1.165) is 18.9 Å². The molecule has 27 heavy (non-hydrogen) atoms. The summed E-state index contributed by atoms with van der Waals surface area (Å²) in [6.45, 7) is 2.37. The Morgan fingerprint density at radius 3 is 2.59 bits per heavy atom. The van der Waals surface area contributed by atoms with Crippen LogP contribution in [0.1, 0.15) is 37.8 Å². The predicted molar refractivity (Wildman–Crippen MR) is 114 cm³/mol. The average molecular weight is 516 g/mol. The third-order valence-corrected chi connectivity index (χ3v) is 5.83. The number of halogens is 3. The molecular weight excluding hydrogens is 489 g/mol. The first-order valence-corrected chi connectivity index (χ1v) is 10.4. The summed E-state index contributed by atoms with van der Waals surface area (Å²) in [6.07, 6.45) is 3.33. The zero-order valence-electron chi connectivity index (χ0n) is 15.5. The minimum atomic E-state index is -3.35. The van der Waals surface area contributed by atoms with E-state index < -0.39 is 27.7 Å². The smallest absolute Gasteiger partial charge is 0.213 e. The van der Waals surface area contributed by atoms with Gasteiger partial charge in [0.2, 0.25) is 10.0 Å². The molecule has 6 nitrogen and oxygen atoms in total. The Labute approximate surface area is 176 Å². The van der Waals surface area contributed by atoms with Gasteiger partial charge in [-0.3, -0.25) is 4.99 Å². The van der Waals surface area contributed by atoms with E-state index in [1.54, 1.807) is 6.92 Å². The second-order valence-corrected chi connectivity index (χ2v) is 8.42. The fourth-order valence-corrected chi connectivity index (χ4v) is 3.65. The van der Waals surface area contributed by atoms with Crippen molar-refractivity contribution >= 4 is 40.0 Å². The third-order valence-electron chi connectivity index (χ3n) is 4.49. The lowest BCUT2D eigenvalue weighted by atomic mass is 9.86. The second-order valence-electron chi connectivity index (χ2n) is 6.50. The van der Waals surface area contributed by atoms with E-state index >= 15 is 0 Å². The van der Waals surface area contributed by atoms with Gasteiger partial charge in [-0.2, -0.15) is 0 Å². The highest BCUT2D eigenvalue weighted by Crippen LogP contribution is 2.25. The van der Waals surface area contributed by atoms with Crippen LogP contribution in [0, 0.1) is 17.6 Å². The lowest BCUT2D eigenvalue weighted by molar-refractivity contribution is 0.316. The molecule has 0 aromatic heterocycles. The van der Waals surface area contributed by atoms with Crippen LogP contribution < -0.4 is 15.4 Å². The van der Waals surface area contributed by atoms with Crippen LogP contribution in [0.2, 0.25) is 0 Å². The van der Waals surface area contributed by atoms with E-state index in [1.807, 2.05) is 0 Å². The molecule has 1 atom stereocenters. The molecule has 1 aliphatic rings. The van der Waals surface area contributed by atoms with Gasteiger partial charge in [0.15, 0.2) is 5.96 Å². The number of nitrogens with one attached hydrogen (secondary N) is 3. The Kier molecular flexibility index (Phi) is 9.88. The Morgan fingerprint density at radius 2 is 2.04 bits per heavy atom. The highest BCUT2D eigenvalue weighted by atomic mass is 127. The van der Waals surface area contributed by atoms with Crippen LogP contribution in [0.25, 0.3) is 0 Å². The van der Waals surface area contributed by atoms with Gasteiger partial charge in [0, 0.05) is 31.8 Å². The van der Waals surface area contributed by atoms with Crippen molar-refractivity contribution in [2.45, 2.75) is 32.2 Å². The second kappa shape index (κ2) is 11.1. The quantitative estimate of drug-likeness (QED) is 0.282. The van der Waals surface area contributed by atoms with Gasteiger partial charge < -0.3 is 10.6 Å². The molecule has 10 heteroatoms. The van der Waals surface area contributed by atoms with Gasteiger partial charge >= 0.3 is 0 Å². The number of sulfonamides is 1. The minimum Gasteiger partial charge on any atom is -0.355 e. The third kappa shape index (κ3) is 7.86. The minimum absolute atomic E-state index is 0. The number of hydrogen-bond acceptors (Lipinski definition) is 3. The molecule has 3 N–H and O–H groups in total. The lowest BCUT2D eigenvalue weighted by Gasteiger charge is -2.25. The maximum Gasteiger partial charge on any atom is 0.213 e. The van der Waals surface area contributed by atoms with Crippen LogP contribution in [0.3, 0.4) is 0 Å². The standard InChI is InChI=1S/C17H26F2N4O2S.HI/c1-12(15-7-6-14(18)10-16(15)19)23-17(20-2)21-8-9-26(24,25)22-11-13-4-3-5-13;/h6-7,10,12-13,22H,3-5,8-9,11H2,1-2H3,(H2,20,21,23);1H. The highest BCUT2D eigenvalue weighted by molar-refractivity contribution is 14.0. The fraction of sp³-hybridized carbons (Fsp3) is 0.588. The summed E-state index contributed by atoms with van der Waals surface area (Å²) in [5.74, 6) is -0.572. The summed E-state index contributed by atoms with van der Waals surface area (Å²) in [4.78, 5) is 4.00. The Hall–Kier alpha value is -1.01. The molecule has 0 saturated heterocycles. The zero-order chi connectivity index (χ0) is 19.2. The number of hydrogen-bond donors (Lipinski definition) is 3. The number of aliphatic imine (C=N–C) groups is 1. The first-order valence-electron chi connectivity index (χ1n) is 8.70. The molecule has 1 saturated carbocycles. The van der Waals surface area contributed by atoms with E-state index in [-0.39, 0.29) is 36.3 Å². The van der Waals surface area contributed by atoms with Crippen molar-refractivity contribution in [2.24, 2.45) is 10.9 Å². The van der Waals surface area contributed by atoms with Gasteiger partial charge in [-0.05, 0) is 31.7 Å². The molecule has 1 fully saturated rings. The van der Waals surface area contributed by atoms with E-state index in [2.05, 4.69) is 20.3 Å². The first-order chi connectivity index (χ1) is 12.3. The molecule has 1 aromatic rings. The molecule has 1 aliphatic carbocycles. The van der Waals surface area contributed by atoms with E-state index in [4.69, 9.17) is 0 Å². The molecule has 2 rings (SSSR count). The van der Waals surface area contributed by atoms with E-state index in [0.29, 0.717) is 24.0 Å². The topological polar surface area (TPSA) is 82.6 Å². The van der Waals surface area contributed by atoms with Crippen molar-refractivity contribution < 1.29 is 17.2 Å². The molecule has 0 radical (unpaired) electrons. The monoisotopic (exact) mass is 516 g/mol. The first kappa shape index (κ1) is 24.0. The van der Waals surface area contributed by atoms with Crippen LogP contribution >= 0.6 is 24.0 Å². The summed E-state index contributed by atoms with van der Waals surface area (Å²) in [6, 6.07) is 2.91. The Balaban J connectivity index is 0.00000364. The maximum atomic E-state index is 13.8. The molecule has 0 heterocycles. The van der Waals surface area contributed by atoms with Crippen LogP contribution in [-0.4, -0.2) is 40.3 Å². The predicted octanol–water partition coefficient (Wildman–Crippen LogP) is 2.53. The number of guanidine groups is 1. The molecule has 0 amide bonds. The van der Waals surface area contributed by atoms with Crippen LogP contribution in [0.15, 0.2) is 23.2 Å². The summed E-state index contributed by atoms with van der Waals surface area (Å²) < 4.78 is 53.4. The van der Waals surface area contributed by atoms with Crippen LogP contribution in [0.5, 0.6) is 0 Å². The SMILES string of the molecule is CN=C(NCCS(=O)(=O)NCC1CCC1)NC(C)c1ccc(F)cc1F.I. The van der Waals surface area contributed by atoms with Gasteiger partial charge in [0.1, 0.15) is 11.6 Å². The van der Waals surface area contributed by atoms with Gasteiger partial charge in [0.05, 0.1) is 11.8 Å². The molecular formula is C17H27F2IN4O2S. The van der Waals surface area contributed by atoms with Gasteiger partial charge in [-0.25, -0.2) is 21.9 Å². The van der Waals surface area contributed by atoms with E-state index in [9.17, 15) is 17.2 Å². The highest BCUT2D eigenvalue weighted by Gasteiger charge is 2.20. The molecule has 0 aliphatic heterocycles. The van der Waals surface area contributed by atoms with Crippen LogP contribution in [0.4, 0.5) is 8.78 Å². The largest absolute Gasteiger partial charge is 0.355 e. The molecule has 1 aromatic carbocycles. The van der Waals surface area contributed by atoms with Gasteiger partial charge in [-0.1, -0.05) is 12.5 Å². The number of nitrogens with zero attached hydrogens (tertiary/aromatic N) is 1. The summed E-state index contributed by atoms with van der Waals surface area (Å²) in [7, 11) is -1.81. The van der Waals surface area contributed by atoms with Crippen molar-refractivity contribution in [3.8, 4) is 0 Å². The van der Waals surface area contributed by atoms with Crippen molar-refractivity contribution in [3.63, 3.8) is 0 Å². The number of benzene rings is 1. The molecule has 0 spiro atoms. The van der Waals surface area contributed by atoms with Crippen molar-refractivity contribution in [3.05, 3.63) is 35.4 Å². The fourth-order valence-electron chi connectivity index (χ4n) is 2.65. The number of rotatable bonds is 8. The zero-order valence-corrected chi connectivity index (χ0v) is 18.6. The summed E-state index contributed by atoms with van der Waals surface area (Å²) >= 11 is 0. The Bertz CT molecular complexity index is 742. The van der Waals surface area contributed by atoms with Gasteiger partial charge in [0.25, 0.3) is 0 Å². The van der Waals surface area contributed by atoms with Crippen molar-refractivity contribution in [1.29, 1.82) is 0 Å². The summed E-state index contributed by atoms with van der Waals surface area (Å²) in [5.41, 5.74) is 0.295. The average Bonchev–Trinajstić information content (AvgIpc) is 2.51. The summed E-state index contributed by atoms with van der Waals surface area (Å²) in [5, 5.41) is 5.86. The maximum absolute atomic E-state index is 13.8. The van der Waals surface area contributed by atoms with E-state index in [1.165, 1.54) is 25.6 Å². The lowest BCUT2D eigenvalue weighted by Crippen LogP contribution is -2.42. The van der Waals surface area contributed by atoms with Gasteiger partial charge in [-0.15, -0.1) is 24.0 Å². The van der Waals surface area contributed by atoms with Crippen molar-refractivity contribution in [2.75, 3.05) is 25.9 Å². The van der Waals surface area contributed by atoms with Crippen molar-refractivity contribution in [1.82, 2.24) is 15.4 Å². The van der Waals surface area contributed by atoms with Crippen LogP contribution in [-0.2, 0) is 10.0 Å². The molecule has 154 valence electrons.